The minimum Gasteiger partial charge on any atom is -0.503 e. The van der Waals surface area contributed by atoms with Gasteiger partial charge in [-0.15, -0.1) is 0 Å². The third-order valence-corrected chi connectivity index (χ3v) is 4.99. The molecular formula is C20H25NO6. The minimum absolute atomic E-state index is 0.100. The molecule has 7 heteroatoms. The fraction of sp³-hybridized carbons (Fsp3) is 0.500. The number of Topliss-reactive ketones (excluding diaryl/α,β-unsaturated/α-hetero) is 1. The van der Waals surface area contributed by atoms with Crippen LogP contribution in [0.2, 0.25) is 0 Å². The van der Waals surface area contributed by atoms with E-state index in [1.807, 2.05) is 0 Å². The highest BCUT2D eigenvalue weighted by molar-refractivity contribution is 6.10. The summed E-state index contributed by atoms with van der Waals surface area (Å²) in [4.78, 5) is 27.0. The highest BCUT2D eigenvalue weighted by Gasteiger charge is 2.46. The van der Waals surface area contributed by atoms with Gasteiger partial charge < -0.3 is 24.2 Å². The Kier molecular flexibility index (Phi) is 5.70. The molecule has 1 N–H and O–H groups in total. The van der Waals surface area contributed by atoms with Crippen LogP contribution in [0.15, 0.2) is 29.5 Å². The number of ketones is 1. The number of aliphatic hydroxyl groups is 1. The van der Waals surface area contributed by atoms with E-state index >= 15 is 0 Å². The largest absolute Gasteiger partial charge is 0.503 e. The Hall–Kier alpha value is -2.54. The maximum atomic E-state index is 12.8. The van der Waals surface area contributed by atoms with E-state index < -0.39 is 17.7 Å². The molecule has 27 heavy (non-hydrogen) atoms. The number of hydrogen-bond donors (Lipinski definition) is 1. The van der Waals surface area contributed by atoms with Crippen molar-refractivity contribution >= 4 is 11.7 Å². The number of hydrogen-bond acceptors (Lipinski definition) is 6. The number of methoxy groups -OCH3 is 3. The van der Waals surface area contributed by atoms with Crippen LogP contribution in [0.5, 0.6) is 11.5 Å². The van der Waals surface area contributed by atoms with E-state index in [4.69, 9.17) is 14.2 Å². The van der Waals surface area contributed by atoms with Crippen LogP contribution in [0.1, 0.15) is 30.9 Å². The summed E-state index contributed by atoms with van der Waals surface area (Å²) in [6.07, 6.45) is 2.20. The van der Waals surface area contributed by atoms with Crippen molar-refractivity contribution < 1.29 is 28.9 Å². The Morgan fingerprint density at radius 1 is 1.19 bits per heavy atom. The molecular weight excluding hydrogens is 350 g/mol. The first kappa shape index (κ1) is 19.2. The number of carbonyl (C=O) groups excluding carboxylic acids is 2. The van der Waals surface area contributed by atoms with Crippen molar-refractivity contribution in [1.82, 2.24) is 4.90 Å². The molecule has 1 amide bonds. The van der Waals surface area contributed by atoms with Crippen LogP contribution in [0, 0.1) is 5.92 Å². The average molecular weight is 375 g/mol. The molecule has 1 saturated carbocycles. The summed E-state index contributed by atoms with van der Waals surface area (Å²) in [6, 6.07) is 4.64. The second-order valence-corrected chi connectivity index (χ2v) is 6.76. The van der Waals surface area contributed by atoms with Crippen LogP contribution in [0.25, 0.3) is 0 Å². The van der Waals surface area contributed by atoms with Crippen LogP contribution in [0.4, 0.5) is 0 Å². The van der Waals surface area contributed by atoms with Gasteiger partial charge in [-0.05, 0) is 37.0 Å². The summed E-state index contributed by atoms with van der Waals surface area (Å²) in [6.45, 7) is 0.853. The van der Waals surface area contributed by atoms with Crippen molar-refractivity contribution in [3.05, 3.63) is 35.1 Å². The summed E-state index contributed by atoms with van der Waals surface area (Å²) in [5, 5.41) is 10.5. The van der Waals surface area contributed by atoms with Crippen LogP contribution >= 0.6 is 0 Å². The molecule has 0 spiro atoms. The Morgan fingerprint density at radius 2 is 1.89 bits per heavy atom. The topological polar surface area (TPSA) is 85.3 Å². The number of amides is 1. The van der Waals surface area contributed by atoms with Gasteiger partial charge in [-0.25, -0.2) is 0 Å². The van der Waals surface area contributed by atoms with E-state index in [0.717, 1.165) is 12.8 Å². The number of ether oxygens (including phenoxy) is 3. The van der Waals surface area contributed by atoms with Gasteiger partial charge in [-0.2, -0.15) is 0 Å². The van der Waals surface area contributed by atoms with E-state index in [9.17, 15) is 14.7 Å². The number of nitrogens with zero attached hydrogens (tertiary/aromatic N) is 1. The second-order valence-electron chi connectivity index (χ2n) is 6.76. The van der Waals surface area contributed by atoms with Gasteiger partial charge in [-0.3, -0.25) is 9.59 Å². The maximum absolute atomic E-state index is 12.8. The lowest BCUT2D eigenvalue weighted by molar-refractivity contribution is -0.129. The monoisotopic (exact) mass is 375 g/mol. The second kappa shape index (κ2) is 8.00. The van der Waals surface area contributed by atoms with Crippen LogP contribution in [-0.2, 0) is 14.3 Å². The molecule has 0 aromatic heterocycles. The average Bonchev–Trinajstić information content (AvgIpc) is 3.50. The number of aliphatic hydroxyl groups excluding tert-OH is 1. The van der Waals surface area contributed by atoms with E-state index in [1.165, 1.54) is 12.0 Å². The van der Waals surface area contributed by atoms with Crippen molar-refractivity contribution in [2.75, 3.05) is 34.5 Å². The van der Waals surface area contributed by atoms with Gasteiger partial charge in [0, 0.05) is 26.2 Å². The molecule has 1 aromatic carbocycles. The fourth-order valence-corrected chi connectivity index (χ4v) is 3.45. The Balaban J connectivity index is 2.01. The standard InChI is InChI=1S/C20H25NO6/c1-25-10-4-9-21-17(13-7-8-14(26-2)15(11-13)27-3)16(19(23)20(21)24)18(22)12-5-6-12/h7-8,11-12,17,23H,4-6,9-10H2,1-3H3/t17-/m1/s1. The molecule has 1 aliphatic heterocycles. The van der Waals surface area contributed by atoms with Crippen molar-refractivity contribution in [2.45, 2.75) is 25.3 Å². The Labute approximate surface area is 158 Å². The molecule has 2 aliphatic rings. The van der Waals surface area contributed by atoms with Crippen molar-refractivity contribution in [3.8, 4) is 11.5 Å². The van der Waals surface area contributed by atoms with Gasteiger partial charge in [-0.1, -0.05) is 6.07 Å². The summed E-state index contributed by atoms with van der Waals surface area (Å²) >= 11 is 0. The summed E-state index contributed by atoms with van der Waals surface area (Å²) < 4.78 is 15.7. The van der Waals surface area contributed by atoms with Gasteiger partial charge in [0.25, 0.3) is 5.91 Å². The fourth-order valence-electron chi connectivity index (χ4n) is 3.45. The minimum atomic E-state index is -0.637. The molecule has 146 valence electrons. The van der Waals surface area contributed by atoms with Crippen LogP contribution in [0.3, 0.4) is 0 Å². The smallest absolute Gasteiger partial charge is 0.290 e. The molecule has 1 fully saturated rings. The lowest BCUT2D eigenvalue weighted by Gasteiger charge is -2.27. The van der Waals surface area contributed by atoms with E-state index in [1.54, 1.807) is 32.4 Å². The quantitative estimate of drug-likeness (QED) is 0.667. The van der Waals surface area contributed by atoms with Crippen molar-refractivity contribution in [1.29, 1.82) is 0 Å². The number of carbonyl (C=O) groups is 2. The van der Waals surface area contributed by atoms with Gasteiger partial charge in [0.05, 0.1) is 25.8 Å². The summed E-state index contributed by atoms with van der Waals surface area (Å²) in [7, 11) is 4.66. The van der Waals surface area contributed by atoms with E-state index in [0.29, 0.717) is 36.6 Å². The van der Waals surface area contributed by atoms with E-state index in [2.05, 4.69) is 0 Å². The molecule has 0 bridgehead atoms. The number of benzene rings is 1. The lowest BCUT2D eigenvalue weighted by atomic mass is 9.94. The SMILES string of the molecule is COCCCN1C(=O)C(O)=C(C(=O)C2CC2)[C@H]1c1ccc(OC)c(OC)c1. The first-order valence-corrected chi connectivity index (χ1v) is 9.02. The summed E-state index contributed by atoms with van der Waals surface area (Å²) in [5.41, 5.74) is 0.888. The molecule has 0 radical (unpaired) electrons. The zero-order chi connectivity index (χ0) is 19.6. The van der Waals surface area contributed by atoms with E-state index in [-0.39, 0.29) is 17.3 Å². The molecule has 7 nitrogen and oxygen atoms in total. The normalized spacial score (nSPS) is 19.6. The van der Waals surface area contributed by atoms with Crippen molar-refractivity contribution in [2.24, 2.45) is 5.92 Å². The third-order valence-electron chi connectivity index (χ3n) is 4.99. The van der Waals surface area contributed by atoms with Crippen LogP contribution in [-0.4, -0.2) is 56.2 Å². The highest BCUT2D eigenvalue weighted by Crippen LogP contribution is 2.44. The van der Waals surface area contributed by atoms with Gasteiger partial charge in [0.2, 0.25) is 0 Å². The lowest BCUT2D eigenvalue weighted by Crippen LogP contribution is -2.32. The summed E-state index contributed by atoms with van der Waals surface area (Å²) in [5.74, 6) is -0.144. The maximum Gasteiger partial charge on any atom is 0.290 e. The third kappa shape index (κ3) is 3.64. The first-order valence-electron chi connectivity index (χ1n) is 9.02. The predicted octanol–water partition coefficient (Wildman–Crippen LogP) is 2.41. The predicted molar refractivity (Wildman–Crippen MR) is 97.9 cm³/mol. The Morgan fingerprint density at radius 3 is 2.48 bits per heavy atom. The van der Waals surface area contributed by atoms with Gasteiger partial charge in [0.15, 0.2) is 23.0 Å². The molecule has 0 saturated heterocycles. The molecule has 1 aromatic rings. The molecule has 1 heterocycles. The van der Waals surface area contributed by atoms with Crippen LogP contribution < -0.4 is 9.47 Å². The molecule has 3 rings (SSSR count). The van der Waals surface area contributed by atoms with Gasteiger partial charge >= 0.3 is 0 Å². The Bertz CT molecular complexity index is 768. The zero-order valence-electron chi connectivity index (χ0n) is 15.9. The number of rotatable bonds is 9. The van der Waals surface area contributed by atoms with Gasteiger partial charge in [0.1, 0.15) is 0 Å². The first-order chi connectivity index (χ1) is 13.0. The zero-order valence-corrected chi connectivity index (χ0v) is 15.9. The van der Waals surface area contributed by atoms with Crippen molar-refractivity contribution in [3.63, 3.8) is 0 Å². The molecule has 1 aliphatic carbocycles. The molecule has 0 unspecified atom stereocenters. The molecule has 1 atom stereocenters. The highest BCUT2D eigenvalue weighted by atomic mass is 16.5.